The lowest BCUT2D eigenvalue weighted by Crippen LogP contribution is -2.38. The van der Waals surface area contributed by atoms with Gasteiger partial charge in [0.25, 0.3) is 5.91 Å². The van der Waals surface area contributed by atoms with Crippen molar-refractivity contribution in [3.8, 4) is 0 Å². The molecule has 1 aromatic heterocycles. The van der Waals surface area contributed by atoms with E-state index in [4.69, 9.17) is 16.1 Å². The fourth-order valence-corrected chi connectivity index (χ4v) is 3.07. The third-order valence-electron chi connectivity index (χ3n) is 4.46. The molecule has 0 saturated carbocycles. The topological polar surface area (TPSA) is 59.2 Å². The maximum atomic E-state index is 12.5. The van der Waals surface area contributed by atoms with Gasteiger partial charge in [-0.1, -0.05) is 30.6 Å². The van der Waals surface area contributed by atoms with E-state index in [2.05, 4.69) is 24.0 Å². The summed E-state index contributed by atoms with van der Waals surface area (Å²) in [4.78, 5) is 18.8. The first-order valence-corrected chi connectivity index (χ1v) is 8.78. The first-order chi connectivity index (χ1) is 11.5. The number of halogens is 1. The van der Waals surface area contributed by atoms with E-state index in [1.165, 1.54) is 0 Å². The third-order valence-corrected chi connectivity index (χ3v) is 4.71. The Morgan fingerprint density at radius 2 is 1.96 bits per heavy atom. The minimum absolute atomic E-state index is 0.0741. The van der Waals surface area contributed by atoms with E-state index in [1.54, 1.807) is 24.3 Å². The molecule has 2 heterocycles. The Labute approximate surface area is 147 Å². The van der Waals surface area contributed by atoms with Crippen molar-refractivity contribution in [1.82, 2.24) is 15.0 Å². The summed E-state index contributed by atoms with van der Waals surface area (Å²) in [6, 6.07) is 7.07. The molecule has 1 amide bonds. The SMILES string of the molecule is CC(C)c1noc(CC2CCN(C(=O)c3ccc(Cl)cc3)CC2)n1. The summed E-state index contributed by atoms with van der Waals surface area (Å²) in [6.07, 6.45) is 2.71. The lowest BCUT2D eigenvalue weighted by molar-refractivity contribution is 0.0687. The number of rotatable bonds is 4. The van der Waals surface area contributed by atoms with Gasteiger partial charge >= 0.3 is 0 Å². The Kier molecular flexibility index (Phi) is 5.19. The maximum absolute atomic E-state index is 12.5. The summed E-state index contributed by atoms with van der Waals surface area (Å²) < 4.78 is 5.33. The van der Waals surface area contributed by atoms with Crippen molar-refractivity contribution >= 4 is 17.5 Å². The Morgan fingerprint density at radius 3 is 2.54 bits per heavy atom. The monoisotopic (exact) mass is 347 g/mol. The van der Waals surface area contributed by atoms with E-state index in [-0.39, 0.29) is 11.8 Å². The van der Waals surface area contributed by atoms with Crippen molar-refractivity contribution < 1.29 is 9.32 Å². The number of hydrogen-bond donors (Lipinski definition) is 0. The van der Waals surface area contributed by atoms with E-state index >= 15 is 0 Å². The van der Waals surface area contributed by atoms with Crippen molar-refractivity contribution in [1.29, 1.82) is 0 Å². The van der Waals surface area contributed by atoms with Crippen LogP contribution in [0.2, 0.25) is 5.02 Å². The van der Waals surface area contributed by atoms with E-state index in [0.717, 1.165) is 38.2 Å². The zero-order chi connectivity index (χ0) is 17.1. The summed E-state index contributed by atoms with van der Waals surface area (Å²) >= 11 is 5.87. The number of carbonyl (C=O) groups is 1. The molecule has 0 spiro atoms. The Hall–Kier alpha value is -1.88. The zero-order valence-corrected chi connectivity index (χ0v) is 14.8. The second-order valence-electron chi connectivity index (χ2n) is 6.65. The number of carbonyl (C=O) groups excluding carboxylic acids is 1. The van der Waals surface area contributed by atoms with Gasteiger partial charge < -0.3 is 9.42 Å². The molecule has 2 aromatic rings. The van der Waals surface area contributed by atoms with Gasteiger partial charge in [0.05, 0.1) is 0 Å². The van der Waals surface area contributed by atoms with Crippen molar-refractivity contribution in [2.75, 3.05) is 13.1 Å². The minimum Gasteiger partial charge on any atom is -0.339 e. The van der Waals surface area contributed by atoms with Crippen LogP contribution in [0.15, 0.2) is 28.8 Å². The molecule has 1 aromatic carbocycles. The van der Waals surface area contributed by atoms with Crippen LogP contribution in [0.25, 0.3) is 0 Å². The zero-order valence-electron chi connectivity index (χ0n) is 14.0. The highest BCUT2D eigenvalue weighted by atomic mass is 35.5. The number of aromatic nitrogens is 2. The molecule has 128 valence electrons. The standard InChI is InChI=1S/C18H22ClN3O2/c1-12(2)17-20-16(24-21-17)11-13-7-9-22(10-8-13)18(23)14-3-5-15(19)6-4-14/h3-6,12-13H,7-11H2,1-2H3. The predicted molar refractivity (Wildman–Crippen MR) is 92.2 cm³/mol. The van der Waals surface area contributed by atoms with Crippen LogP contribution in [-0.4, -0.2) is 34.0 Å². The predicted octanol–water partition coefficient (Wildman–Crippen LogP) is 3.94. The second-order valence-corrected chi connectivity index (χ2v) is 7.08. The molecule has 1 aliphatic rings. The molecule has 0 unspecified atom stereocenters. The van der Waals surface area contributed by atoms with Gasteiger partial charge in [-0.3, -0.25) is 4.79 Å². The van der Waals surface area contributed by atoms with Crippen LogP contribution in [0.3, 0.4) is 0 Å². The van der Waals surface area contributed by atoms with E-state index in [1.807, 2.05) is 4.90 Å². The van der Waals surface area contributed by atoms with Crippen molar-refractivity contribution in [2.24, 2.45) is 5.92 Å². The largest absolute Gasteiger partial charge is 0.339 e. The first-order valence-electron chi connectivity index (χ1n) is 8.40. The van der Waals surface area contributed by atoms with E-state index in [0.29, 0.717) is 22.4 Å². The average molecular weight is 348 g/mol. The fraction of sp³-hybridized carbons (Fsp3) is 0.500. The smallest absolute Gasteiger partial charge is 0.253 e. The Bertz CT molecular complexity index is 689. The van der Waals surface area contributed by atoms with Crippen molar-refractivity contribution in [2.45, 2.75) is 39.0 Å². The highest BCUT2D eigenvalue weighted by molar-refractivity contribution is 6.30. The minimum atomic E-state index is 0.0741. The van der Waals surface area contributed by atoms with Gasteiger partial charge in [-0.2, -0.15) is 4.98 Å². The molecular formula is C18H22ClN3O2. The average Bonchev–Trinajstić information content (AvgIpc) is 3.04. The van der Waals surface area contributed by atoms with Crippen LogP contribution in [-0.2, 0) is 6.42 Å². The molecule has 0 atom stereocenters. The molecule has 0 aliphatic carbocycles. The number of amides is 1. The van der Waals surface area contributed by atoms with Gasteiger partial charge in [-0.05, 0) is 43.0 Å². The highest BCUT2D eigenvalue weighted by Crippen LogP contribution is 2.23. The molecule has 1 fully saturated rings. The summed E-state index contributed by atoms with van der Waals surface area (Å²) in [5.74, 6) is 2.31. The quantitative estimate of drug-likeness (QED) is 0.840. The number of benzene rings is 1. The van der Waals surface area contributed by atoms with E-state index in [9.17, 15) is 4.79 Å². The number of piperidine rings is 1. The number of hydrogen-bond acceptors (Lipinski definition) is 4. The fourth-order valence-electron chi connectivity index (χ4n) is 2.95. The van der Waals surface area contributed by atoms with Crippen LogP contribution in [0.5, 0.6) is 0 Å². The van der Waals surface area contributed by atoms with Gasteiger partial charge in [0.15, 0.2) is 5.82 Å². The summed E-state index contributed by atoms with van der Waals surface area (Å²) in [7, 11) is 0. The molecular weight excluding hydrogens is 326 g/mol. The summed E-state index contributed by atoms with van der Waals surface area (Å²) in [5.41, 5.74) is 0.691. The molecule has 5 nitrogen and oxygen atoms in total. The lowest BCUT2D eigenvalue weighted by atomic mass is 9.93. The van der Waals surface area contributed by atoms with Gasteiger partial charge in [-0.15, -0.1) is 0 Å². The summed E-state index contributed by atoms with van der Waals surface area (Å²) in [5, 5.41) is 4.65. The first kappa shape index (κ1) is 17.0. The molecule has 6 heteroatoms. The molecule has 0 radical (unpaired) electrons. The molecule has 1 aliphatic heterocycles. The van der Waals surface area contributed by atoms with Crippen LogP contribution in [0, 0.1) is 5.92 Å². The highest BCUT2D eigenvalue weighted by Gasteiger charge is 2.25. The maximum Gasteiger partial charge on any atom is 0.253 e. The Balaban J connectivity index is 1.53. The lowest BCUT2D eigenvalue weighted by Gasteiger charge is -2.31. The van der Waals surface area contributed by atoms with Crippen molar-refractivity contribution in [3.05, 3.63) is 46.6 Å². The molecule has 3 rings (SSSR count). The van der Waals surface area contributed by atoms with Crippen LogP contribution in [0.4, 0.5) is 0 Å². The van der Waals surface area contributed by atoms with Crippen LogP contribution < -0.4 is 0 Å². The summed E-state index contributed by atoms with van der Waals surface area (Å²) in [6.45, 7) is 5.62. The molecule has 0 N–H and O–H groups in total. The number of nitrogens with zero attached hydrogens (tertiary/aromatic N) is 3. The normalized spacial score (nSPS) is 15.9. The van der Waals surface area contributed by atoms with Crippen molar-refractivity contribution in [3.63, 3.8) is 0 Å². The third kappa shape index (κ3) is 3.96. The molecule has 24 heavy (non-hydrogen) atoms. The van der Waals surface area contributed by atoms with Gasteiger partial charge in [-0.25, -0.2) is 0 Å². The van der Waals surface area contributed by atoms with Crippen LogP contribution >= 0.6 is 11.6 Å². The Morgan fingerprint density at radius 1 is 1.29 bits per heavy atom. The van der Waals surface area contributed by atoms with Gasteiger partial charge in [0.2, 0.25) is 5.89 Å². The molecule has 0 bridgehead atoms. The number of likely N-dealkylation sites (tertiary alicyclic amines) is 1. The molecule has 1 saturated heterocycles. The second kappa shape index (κ2) is 7.34. The van der Waals surface area contributed by atoms with Crippen LogP contribution in [0.1, 0.15) is 54.7 Å². The van der Waals surface area contributed by atoms with E-state index < -0.39 is 0 Å². The van der Waals surface area contributed by atoms with Gasteiger partial charge in [0, 0.05) is 36.0 Å². The van der Waals surface area contributed by atoms with Gasteiger partial charge in [0.1, 0.15) is 0 Å².